The standard InChI is InChI=1S/C12H7F2NO4.ClH/c13-12(14)18-8-4-3-6(11(15)16)9(10(8)19-12)7-2-1-5-17-7;/h1-5H,(H2,15,16);1H. The van der Waals surface area contributed by atoms with Crippen molar-refractivity contribution in [2.24, 2.45) is 5.73 Å². The molecule has 0 fully saturated rings. The Hall–Kier alpha value is -2.28. The fourth-order valence-corrected chi connectivity index (χ4v) is 1.88. The van der Waals surface area contributed by atoms with Crippen molar-refractivity contribution in [1.29, 1.82) is 0 Å². The first-order valence-electron chi connectivity index (χ1n) is 5.24. The van der Waals surface area contributed by atoms with Gasteiger partial charge in [0.25, 0.3) is 0 Å². The van der Waals surface area contributed by atoms with E-state index in [0.717, 1.165) is 0 Å². The van der Waals surface area contributed by atoms with Crippen LogP contribution in [-0.4, -0.2) is 12.2 Å². The van der Waals surface area contributed by atoms with Crippen LogP contribution >= 0.6 is 12.4 Å². The van der Waals surface area contributed by atoms with Crippen molar-refractivity contribution in [3.63, 3.8) is 0 Å². The molecule has 3 rings (SSSR count). The highest BCUT2D eigenvalue weighted by Gasteiger charge is 2.45. The van der Waals surface area contributed by atoms with Crippen molar-refractivity contribution in [2.45, 2.75) is 6.29 Å². The molecule has 1 amide bonds. The van der Waals surface area contributed by atoms with Crippen LogP contribution in [0, 0.1) is 0 Å². The Labute approximate surface area is 117 Å². The molecule has 5 nitrogen and oxygen atoms in total. The van der Waals surface area contributed by atoms with E-state index in [4.69, 9.17) is 10.2 Å². The average molecular weight is 304 g/mol. The Kier molecular flexibility index (Phi) is 3.31. The molecule has 0 saturated heterocycles. The second-order valence-corrected chi connectivity index (χ2v) is 3.82. The van der Waals surface area contributed by atoms with Gasteiger partial charge in [0.2, 0.25) is 5.91 Å². The van der Waals surface area contributed by atoms with E-state index in [1.807, 2.05) is 0 Å². The molecule has 0 spiro atoms. The molecule has 1 aromatic carbocycles. The van der Waals surface area contributed by atoms with E-state index < -0.39 is 12.2 Å². The molecule has 0 saturated carbocycles. The number of primary amides is 1. The van der Waals surface area contributed by atoms with Gasteiger partial charge in [0, 0.05) is 0 Å². The third-order valence-electron chi connectivity index (χ3n) is 2.60. The Morgan fingerprint density at radius 2 is 1.95 bits per heavy atom. The predicted octanol–water partition coefficient (Wildman–Crippen LogP) is 2.79. The van der Waals surface area contributed by atoms with Gasteiger partial charge < -0.3 is 19.6 Å². The van der Waals surface area contributed by atoms with Crippen molar-refractivity contribution in [3.05, 3.63) is 36.1 Å². The number of carbonyl (C=O) groups is 1. The molecule has 0 aliphatic carbocycles. The molecule has 106 valence electrons. The normalized spacial score (nSPS) is 14.7. The van der Waals surface area contributed by atoms with E-state index >= 15 is 0 Å². The number of fused-ring (bicyclic) bond motifs is 1. The lowest BCUT2D eigenvalue weighted by molar-refractivity contribution is -0.286. The van der Waals surface area contributed by atoms with Crippen LogP contribution in [0.5, 0.6) is 11.5 Å². The largest absolute Gasteiger partial charge is 0.586 e. The Bertz CT molecular complexity index is 658. The van der Waals surface area contributed by atoms with Crippen molar-refractivity contribution in [3.8, 4) is 22.8 Å². The zero-order valence-corrected chi connectivity index (χ0v) is 10.6. The topological polar surface area (TPSA) is 74.7 Å². The second-order valence-electron chi connectivity index (χ2n) is 3.82. The summed E-state index contributed by atoms with van der Waals surface area (Å²) in [6.07, 6.45) is -2.44. The van der Waals surface area contributed by atoms with Crippen LogP contribution in [0.1, 0.15) is 10.4 Å². The van der Waals surface area contributed by atoms with Crippen LogP contribution in [0.15, 0.2) is 34.9 Å². The van der Waals surface area contributed by atoms with Crippen molar-refractivity contribution >= 4 is 18.3 Å². The molecule has 20 heavy (non-hydrogen) atoms. The number of carbonyl (C=O) groups excluding carboxylic acids is 1. The van der Waals surface area contributed by atoms with Crippen LogP contribution in [0.3, 0.4) is 0 Å². The minimum absolute atomic E-state index is 0. The number of nitrogens with two attached hydrogens (primary N) is 1. The van der Waals surface area contributed by atoms with Gasteiger partial charge in [-0.3, -0.25) is 4.79 Å². The molecule has 2 N–H and O–H groups in total. The number of halogens is 3. The first-order chi connectivity index (χ1) is 8.98. The Morgan fingerprint density at radius 1 is 1.20 bits per heavy atom. The maximum Gasteiger partial charge on any atom is 0.586 e. The number of furan rings is 1. The zero-order valence-electron chi connectivity index (χ0n) is 9.76. The smallest absolute Gasteiger partial charge is 0.464 e. The van der Waals surface area contributed by atoms with Gasteiger partial charge >= 0.3 is 6.29 Å². The Morgan fingerprint density at radius 3 is 2.55 bits per heavy atom. The minimum atomic E-state index is -3.78. The highest BCUT2D eigenvalue weighted by atomic mass is 35.5. The van der Waals surface area contributed by atoms with E-state index in [2.05, 4.69) is 9.47 Å². The fourth-order valence-electron chi connectivity index (χ4n) is 1.88. The minimum Gasteiger partial charge on any atom is -0.464 e. The summed E-state index contributed by atoms with van der Waals surface area (Å²) in [7, 11) is 0. The van der Waals surface area contributed by atoms with E-state index in [0.29, 0.717) is 0 Å². The molecule has 1 aromatic heterocycles. The molecular formula is C12H8ClF2NO4. The molecule has 0 unspecified atom stereocenters. The highest BCUT2D eigenvalue weighted by Crippen LogP contribution is 2.48. The summed E-state index contributed by atoms with van der Waals surface area (Å²) in [5.41, 5.74) is 5.28. The number of ether oxygens (including phenoxy) is 2. The summed E-state index contributed by atoms with van der Waals surface area (Å²) in [6, 6.07) is 5.53. The van der Waals surface area contributed by atoms with Gasteiger partial charge in [-0.25, -0.2) is 0 Å². The molecule has 0 radical (unpaired) electrons. The summed E-state index contributed by atoms with van der Waals surface area (Å²) < 4.78 is 40.1. The van der Waals surface area contributed by atoms with Crippen molar-refractivity contribution in [1.82, 2.24) is 0 Å². The average Bonchev–Trinajstić information content (AvgIpc) is 2.91. The van der Waals surface area contributed by atoms with Crippen molar-refractivity contribution in [2.75, 3.05) is 0 Å². The lowest BCUT2D eigenvalue weighted by atomic mass is 10.0. The third kappa shape index (κ3) is 2.16. The molecule has 1 aliphatic rings. The van der Waals surface area contributed by atoms with Crippen LogP contribution < -0.4 is 15.2 Å². The van der Waals surface area contributed by atoms with Gasteiger partial charge in [0.1, 0.15) is 5.76 Å². The van der Waals surface area contributed by atoms with Crippen molar-refractivity contribution < 1.29 is 27.5 Å². The summed E-state index contributed by atoms with van der Waals surface area (Å²) in [5, 5.41) is 0. The Balaban J connectivity index is 0.00000147. The first-order valence-corrected chi connectivity index (χ1v) is 5.24. The van der Waals surface area contributed by atoms with E-state index in [1.54, 1.807) is 6.07 Å². The number of alkyl halides is 2. The predicted molar refractivity (Wildman–Crippen MR) is 66.1 cm³/mol. The molecule has 2 heterocycles. The number of hydrogen-bond acceptors (Lipinski definition) is 4. The van der Waals surface area contributed by atoms with E-state index in [1.165, 1.54) is 24.5 Å². The van der Waals surface area contributed by atoms with Gasteiger partial charge in [0.15, 0.2) is 11.5 Å². The number of hydrogen-bond donors (Lipinski definition) is 1. The third-order valence-corrected chi connectivity index (χ3v) is 2.60. The summed E-state index contributed by atoms with van der Waals surface area (Å²) >= 11 is 0. The quantitative estimate of drug-likeness (QED) is 0.925. The van der Waals surface area contributed by atoms with Gasteiger partial charge in [-0.15, -0.1) is 21.2 Å². The van der Waals surface area contributed by atoms with Crippen LogP contribution in [0.25, 0.3) is 11.3 Å². The molecule has 0 atom stereocenters. The van der Waals surface area contributed by atoms with Gasteiger partial charge in [-0.1, -0.05) is 0 Å². The maximum atomic E-state index is 13.1. The van der Waals surface area contributed by atoms with Gasteiger partial charge in [0.05, 0.1) is 17.4 Å². The zero-order chi connectivity index (χ0) is 13.6. The molecular weight excluding hydrogens is 296 g/mol. The second kappa shape index (κ2) is 4.68. The lowest BCUT2D eigenvalue weighted by Gasteiger charge is -2.08. The van der Waals surface area contributed by atoms with Gasteiger partial charge in [-0.2, -0.15) is 0 Å². The molecule has 8 heteroatoms. The highest BCUT2D eigenvalue weighted by molar-refractivity contribution is 6.01. The number of amides is 1. The van der Waals surface area contributed by atoms with E-state index in [9.17, 15) is 13.6 Å². The maximum absolute atomic E-state index is 13.1. The fraction of sp³-hybridized carbons (Fsp3) is 0.0833. The molecule has 2 aromatic rings. The summed E-state index contributed by atoms with van der Waals surface area (Å²) in [4.78, 5) is 11.4. The number of benzene rings is 1. The summed E-state index contributed by atoms with van der Waals surface area (Å²) in [6.45, 7) is 0. The monoisotopic (exact) mass is 303 g/mol. The summed E-state index contributed by atoms with van der Waals surface area (Å²) in [5.74, 6) is -1.04. The SMILES string of the molecule is Cl.NC(=O)c1ccc2c(c1-c1ccco1)OC(F)(F)O2. The van der Waals surface area contributed by atoms with Crippen LogP contribution in [0.4, 0.5) is 8.78 Å². The number of rotatable bonds is 2. The first kappa shape index (κ1) is 14.1. The van der Waals surface area contributed by atoms with E-state index in [-0.39, 0.29) is 40.8 Å². The van der Waals surface area contributed by atoms with Gasteiger partial charge in [-0.05, 0) is 24.3 Å². The molecule has 1 aliphatic heterocycles. The molecule has 0 bridgehead atoms. The van der Waals surface area contributed by atoms with Crippen LogP contribution in [-0.2, 0) is 0 Å². The lowest BCUT2D eigenvalue weighted by Crippen LogP contribution is -2.26. The van der Waals surface area contributed by atoms with Crippen LogP contribution in [0.2, 0.25) is 0 Å².